The third kappa shape index (κ3) is 4.68. The average Bonchev–Trinajstić information content (AvgIpc) is 2.61. The molecule has 0 aliphatic rings. The number of rotatable bonds is 8. The van der Waals surface area contributed by atoms with E-state index < -0.39 is 0 Å². The fourth-order valence-electron chi connectivity index (χ4n) is 3.28. The van der Waals surface area contributed by atoms with Gasteiger partial charge in [-0.25, -0.2) is 0 Å². The molecule has 0 aromatic heterocycles. The largest absolute Gasteiger partial charge is 0.380 e. The molecule has 0 spiro atoms. The SMILES string of the molecule is CCc1ccccc1C(C)COCC(C)c1ccccc1CC. The Bertz CT molecular complexity index is 549. The molecule has 0 saturated carbocycles. The molecule has 0 saturated heterocycles. The number of aryl methyl sites for hydroxylation is 2. The summed E-state index contributed by atoms with van der Waals surface area (Å²) < 4.78 is 6.07. The van der Waals surface area contributed by atoms with E-state index in [1.54, 1.807) is 0 Å². The van der Waals surface area contributed by atoms with Crippen LogP contribution >= 0.6 is 0 Å². The standard InChI is InChI=1S/C22H30O/c1-5-19-11-7-9-13-21(19)17(3)15-23-16-18(4)22-14-10-8-12-20(22)6-2/h7-14,17-18H,5-6,15-16H2,1-4H3. The third-order valence-corrected chi connectivity index (χ3v) is 4.67. The molecule has 0 fully saturated rings. The van der Waals surface area contributed by atoms with Crippen LogP contribution in [0.25, 0.3) is 0 Å². The van der Waals surface area contributed by atoms with Gasteiger partial charge in [0.15, 0.2) is 0 Å². The van der Waals surface area contributed by atoms with Crippen molar-refractivity contribution in [3.63, 3.8) is 0 Å². The van der Waals surface area contributed by atoms with Gasteiger partial charge in [-0.05, 0) is 35.1 Å². The second kappa shape index (κ2) is 8.88. The first kappa shape index (κ1) is 17.7. The first-order valence-electron chi connectivity index (χ1n) is 8.90. The van der Waals surface area contributed by atoms with Gasteiger partial charge in [-0.3, -0.25) is 0 Å². The number of benzene rings is 2. The van der Waals surface area contributed by atoms with Gasteiger partial charge in [-0.15, -0.1) is 0 Å². The summed E-state index contributed by atoms with van der Waals surface area (Å²) >= 11 is 0. The van der Waals surface area contributed by atoms with Gasteiger partial charge in [-0.2, -0.15) is 0 Å². The minimum Gasteiger partial charge on any atom is -0.380 e. The second-order valence-electron chi connectivity index (χ2n) is 6.44. The zero-order chi connectivity index (χ0) is 16.7. The monoisotopic (exact) mass is 310 g/mol. The Labute approximate surface area is 141 Å². The highest BCUT2D eigenvalue weighted by molar-refractivity contribution is 5.31. The van der Waals surface area contributed by atoms with Gasteiger partial charge >= 0.3 is 0 Å². The lowest BCUT2D eigenvalue weighted by molar-refractivity contribution is 0.113. The van der Waals surface area contributed by atoms with Crippen molar-refractivity contribution in [3.8, 4) is 0 Å². The van der Waals surface area contributed by atoms with Crippen molar-refractivity contribution >= 4 is 0 Å². The van der Waals surface area contributed by atoms with Crippen LogP contribution in [0.2, 0.25) is 0 Å². The molecule has 0 aliphatic carbocycles. The number of hydrogen-bond donors (Lipinski definition) is 0. The van der Waals surface area contributed by atoms with Gasteiger partial charge in [0.25, 0.3) is 0 Å². The van der Waals surface area contributed by atoms with Crippen LogP contribution < -0.4 is 0 Å². The van der Waals surface area contributed by atoms with Crippen LogP contribution in [0, 0.1) is 0 Å². The van der Waals surface area contributed by atoms with Crippen molar-refractivity contribution in [2.45, 2.75) is 52.4 Å². The molecule has 2 rings (SSSR count). The van der Waals surface area contributed by atoms with Crippen LogP contribution in [-0.2, 0) is 17.6 Å². The highest BCUT2D eigenvalue weighted by Gasteiger charge is 2.12. The first-order chi connectivity index (χ1) is 11.2. The normalized spacial score (nSPS) is 13.7. The average molecular weight is 310 g/mol. The molecular weight excluding hydrogens is 280 g/mol. The highest BCUT2D eigenvalue weighted by atomic mass is 16.5. The topological polar surface area (TPSA) is 9.23 Å². The van der Waals surface area contributed by atoms with E-state index in [0.717, 1.165) is 26.1 Å². The van der Waals surface area contributed by atoms with Gasteiger partial charge < -0.3 is 4.74 Å². The molecule has 124 valence electrons. The van der Waals surface area contributed by atoms with Crippen LogP contribution in [0.3, 0.4) is 0 Å². The summed E-state index contributed by atoms with van der Waals surface area (Å²) in [6.45, 7) is 10.5. The minimum atomic E-state index is 0.444. The maximum Gasteiger partial charge on any atom is 0.0532 e. The van der Waals surface area contributed by atoms with Crippen LogP contribution in [-0.4, -0.2) is 13.2 Å². The molecule has 2 aromatic rings. The van der Waals surface area contributed by atoms with E-state index in [1.165, 1.54) is 22.3 Å². The molecular formula is C22H30O. The van der Waals surface area contributed by atoms with E-state index in [0.29, 0.717) is 11.8 Å². The molecule has 0 N–H and O–H groups in total. The van der Waals surface area contributed by atoms with Crippen molar-refractivity contribution in [3.05, 3.63) is 70.8 Å². The van der Waals surface area contributed by atoms with E-state index >= 15 is 0 Å². The van der Waals surface area contributed by atoms with Crippen LogP contribution in [0.5, 0.6) is 0 Å². The first-order valence-corrected chi connectivity index (χ1v) is 8.90. The highest BCUT2D eigenvalue weighted by Crippen LogP contribution is 2.23. The summed E-state index contributed by atoms with van der Waals surface area (Å²) in [5, 5.41) is 0. The van der Waals surface area contributed by atoms with Gasteiger partial charge in [0.05, 0.1) is 13.2 Å². The fourth-order valence-corrected chi connectivity index (χ4v) is 3.28. The van der Waals surface area contributed by atoms with Gasteiger partial charge in [0, 0.05) is 11.8 Å². The summed E-state index contributed by atoms with van der Waals surface area (Å²) in [4.78, 5) is 0. The Morgan fingerprint density at radius 1 is 0.696 bits per heavy atom. The lowest BCUT2D eigenvalue weighted by Crippen LogP contribution is -2.12. The fraction of sp³-hybridized carbons (Fsp3) is 0.455. The van der Waals surface area contributed by atoms with E-state index in [2.05, 4.69) is 76.2 Å². The quantitative estimate of drug-likeness (QED) is 0.604. The smallest absolute Gasteiger partial charge is 0.0532 e. The number of ether oxygens (including phenoxy) is 1. The lowest BCUT2D eigenvalue weighted by atomic mass is 9.94. The molecule has 0 radical (unpaired) electrons. The molecule has 2 unspecified atom stereocenters. The van der Waals surface area contributed by atoms with Crippen molar-refractivity contribution in [2.24, 2.45) is 0 Å². The van der Waals surface area contributed by atoms with E-state index in [-0.39, 0.29) is 0 Å². The van der Waals surface area contributed by atoms with E-state index in [9.17, 15) is 0 Å². The van der Waals surface area contributed by atoms with Crippen molar-refractivity contribution in [2.75, 3.05) is 13.2 Å². The summed E-state index contributed by atoms with van der Waals surface area (Å²) in [5.74, 6) is 0.888. The molecule has 0 heterocycles. The molecule has 0 bridgehead atoms. The summed E-state index contributed by atoms with van der Waals surface area (Å²) in [5.41, 5.74) is 5.73. The molecule has 2 aromatic carbocycles. The lowest BCUT2D eigenvalue weighted by Gasteiger charge is -2.19. The number of hydrogen-bond acceptors (Lipinski definition) is 1. The summed E-state index contributed by atoms with van der Waals surface area (Å²) in [6.07, 6.45) is 2.17. The maximum atomic E-state index is 6.07. The summed E-state index contributed by atoms with van der Waals surface area (Å²) in [6, 6.07) is 17.4. The minimum absolute atomic E-state index is 0.444. The van der Waals surface area contributed by atoms with Gasteiger partial charge in [-0.1, -0.05) is 76.2 Å². The van der Waals surface area contributed by atoms with Crippen LogP contribution in [0.4, 0.5) is 0 Å². The molecule has 0 amide bonds. The van der Waals surface area contributed by atoms with Crippen molar-refractivity contribution in [1.82, 2.24) is 0 Å². The van der Waals surface area contributed by atoms with Crippen LogP contribution in [0.15, 0.2) is 48.5 Å². The van der Waals surface area contributed by atoms with Crippen molar-refractivity contribution < 1.29 is 4.74 Å². The molecule has 2 atom stereocenters. The third-order valence-electron chi connectivity index (χ3n) is 4.67. The Kier molecular flexibility index (Phi) is 6.85. The van der Waals surface area contributed by atoms with E-state index in [4.69, 9.17) is 4.74 Å². The molecule has 1 heteroatoms. The Morgan fingerprint density at radius 2 is 1.09 bits per heavy atom. The predicted molar refractivity (Wildman–Crippen MR) is 99.3 cm³/mol. The van der Waals surface area contributed by atoms with Crippen molar-refractivity contribution in [1.29, 1.82) is 0 Å². The van der Waals surface area contributed by atoms with E-state index in [1.807, 2.05) is 0 Å². The molecule has 23 heavy (non-hydrogen) atoms. The van der Waals surface area contributed by atoms with Gasteiger partial charge in [0.1, 0.15) is 0 Å². The Hall–Kier alpha value is -1.60. The maximum absolute atomic E-state index is 6.07. The molecule has 0 aliphatic heterocycles. The van der Waals surface area contributed by atoms with Crippen LogP contribution in [0.1, 0.15) is 61.8 Å². The zero-order valence-electron chi connectivity index (χ0n) is 15.0. The predicted octanol–water partition coefficient (Wildman–Crippen LogP) is 5.74. The molecule has 1 nitrogen and oxygen atoms in total. The zero-order valence-corrected chi connectivity index (χ0v) is 15.0. The Morgan fingerprint density at radius 3 is 1.48 bits per heavy atom. The Balaban J connectivity index is 1.91. The second-order valence-corrected chi connectivity index (χ2v) is 6.44. The summed E-state index contributed by atoms with van der Waals surface area (Å²) in [7, 11) is 0. The van der Waals surface area contributed by atoms with Gasteiger partial charge in [0.2, 0.25) is 0 Å².